The topological polar surface area (TPSA) is 12.4 Å². The van der Waals surface area contributed by atoms with Gasteiger partial charge in [-0.05, 0) is 37.7 Å². The summed E-state index contributed by atoms with van der Waals surface area (Å²) in [5, 5.41) is 0. The lowest BCUT2D eigenvalue weighted by atomic mass is 9.88. The van der Waals surface area contributed by atoms with E-state index in [0.717, 1.165) is 5.92 Å². The third-order valence-electron chi connectivity index (χ3n) is 2.67. The second-order valence-electron chi connectivity index (χ2n) is 3.92. The average molecular weight is 149 g/mol. The molecule has 60 valence electrons. The molecule has 0 unspecified atom stereocenters. The van der Waals surface area contributed by atoms with Crippen LogP contribution >= 0.6 is 0 Å². The summed E-state index contributed by atoms with van der Waals surface area (Å²) in [7, 11) is 0. The highest BCUT2D eigenvalue weighted by molar-refractivity contribution is 5.87. The van der Waals surface area contributed by atoms with Crippen molar-refractivity contribution in [1.29, 1.82) is 0 Å². The first-order valence-electron chi connectivity index (χ1n) is 4.51. The van der Waals surface area contributed by atoms with Gasteiger partial charge in [-0.1, -0.05) is 6.92 Å². The largest absolute Gasteiger partial charge is 0.262 e. The van der Waals surface area contributed by atoms with E-state index >= 15 is 0 Å². The summed E-state index contributed by atoms with van der Waals surface area (Å²) in [6.07, 6.45) is 5.04. The summed E-state index contributed by atoms with van der Waals surface area (Å²) in [5.41, 5.74) is 4.37. The molecule has 0 amide bonds. The van der Waals surface area contributed by atoms with Gasteiger partial charge in [0.05, 0.1) is 0 Å². The quantitative estimate of drug-likeness (QED) is 0.502. The summed E-state index contributed by atoms with van der Waals surface area (Å²) in [5.74, 6) is 0.898. The molecule has 0 aromatic heterocycles. The lowest BCUT2D eigenvalue weighted by Crippen LogP contribution is -2.04. The van der Waals surface area contributed by atoms with E-state index in [4.69, 9.17) is 0 Å². The molecule has 1 aliphatic heterocycles. The van der Waals surface area contributed by atoms with Crippen LogP contribution < -0.4 is 0 Å². The summed E-state index contributed by atoms with van der Waals surface area (Å²) < 4.78 is 0. The van der Waals surface area contributed by atoms with Crippen molar-refractivity contribution in [2.24, 2.45) is 10.9 Å². The highest BCUT2D eigenvalue weighted by Crippen LogP contribution is 2.35. The molecule has 0 radical (unpaired) electrons. The van der Waals surface area contributed by atoms with E-state index in [1.54, 1.807) is 5.57 Å². The van der Waals surface area contributed by atoms with E-state index in [1.165, 1.54) is 37.1 Å². The molecule has 11 heavy (non-hydrogen) atoms. The van der Waals surface area contributed by atoms with Gasteiger partial charge in [-0.15, -0.1) is 0 Å². The van der Waals surface area contributed by atoms with Crippen LogP contribution in [0.3, 0.4) is 0 Å². The molecule has 0 saturated heterocycles. The Morgan fingerprint density at radius 3 is 3.09 bits per heavy atom. The van der Waals surface area contributed by atoms with Crippen molar-refractivity contribution < 1.29 is 0 Å². The molecular weight excluding hydrogens is 134 g/mol. The Morgan fingerprint density at radius 2 is 2.27 bits per heavy atom. The fourth-order valence-electron chi connectivity index (χ4n) is 2.09. The zero-order valence-corrected chi connectivity index (χ0v) is 7.35. The molecule has 2 rings (SSSR count). The van der Waals surface area contributed by atoms with Crippen LogP contribution in [0.15, 0.2) is 16.3 Å². The first-order valence-corrected chi connectivity index (χ1v) is 4.51. The van der Waals surface area contributed by atoms with Crippen LogP contribution in [-0.2, 0) is 0 Å². The second-order valence-corrected chi connectivity index (χ2v) is 3.92. The Labute approximate surface area is 68.2 Å². The zero-order valence-electron chi connectivity index (χ0n) is 7.35. The number of allylic oxidation sites excluding steroid dienone is 2. The summed E-state index contributed by atoms with van der Waals surface area (Å²) in [4.78, 5) is 4.54. The van der Waals surface area contributed by atoms with Crippen molar-refractivity contribution in [2.45, 2.75) is 39.5 Å². The molecule has 2 aliphatic rings. The van der Waals surface area contributed by atoms with E-state index in [9.17, 15) is 0 Å². The Hall–Kier alpha value is -0.590. The van der Waals surface area contributed by atoms with Crippen molar-refractivity contribution in [3.05, 3.63) is 11.3 Å². The second kappa shape index (κ2) is 2.47. The molecule has 0 fully saturated rings. The first kappa shape index (κ1) is 7.08. The molecule has 0 aromatic carbocycles. The SMILES string of the molecule is CC1=NC2=C(C1)C[C@@H](C)CC2. The van der Waals surface area contributed by atoms with E-state index in [2.05, 4.69) is 18.8 Å². The van der Waals surface area contributed by atoms with Crippen molar-refractivity contribution in [3.8, 4) is 0 Å². The van der Waals surface area contributed by atoms with Gasteiger partial charge in [-0.2, -0.15) is 0 Å². The van der Waals surface area contributed by atoms with E-state index in [1.807, 2.05) is 0 Å². The Bertz CT molecular complexity index is 235. The summed E-state index contributed by atoms with van der Waals surface area (Å²) in [6.45, 7) is 4.49. The van der Waals surface area contributed by atoms with Crippen LogP contribution in [0.2, 0.25) is 0 Å². The molecule has 0 saturated carbocycles. The minimum Gasteiger partial charge on any atom is -0.262 e. The molecule has 0 aromatic rings. The van der Waals surface area contributed by atoms with Gasteiger partial charge >= 0.3 is 0 Å². The Morgan fingerprint density at radius 1 is 1.45 bits per heavy atom. The fourth-order valence-corrected chi connectivity index (χ4v) is 2.09. The maximum atomic E-state index is 4.54. The van der Waals surface area contributed by atoms with Crippen molar-refractivity contribution in [2.75, 3.05) is 0 Å². The number of aliphatic imine (C=N–C) groups is 1. The zero-order chi connectivity index (χ0) is 7.84. The van der Waals surface area contributed by atoms with Crippen molar-refractivity contribution >= 4 is 5.71 Å². The average Bonchev–Trinajstić information content (AvgIpc) is 2.27. The van der Waals surface area contributed by atoms with Crippen molar-refractivity contribution in [1.82, 2.24) is 0 Å². The van der Waals surface area contributed by atoms with E-state index in [-0.39, 0.29) is 0 Å². The molecule has 1 aliphatic carbocycles. The molecule has 1 heterocycles. The normalized spacial score (nSPS) is 30.4. The minimum atomic E-state index is 0.898. The van der Waals surface area contributed by atoms with E-state index in [0.29, 0.717) is 0 Å². The van der Waals surface area contributed by atoms with Crippen LogP contribution in [0.25, 0.3) is 0 Å². The van der Waals surface area contributed by atoms with Crippen LogP contribution in [0.5, 0.6) is 0 Å². The molecule has 0 spiro atoms. The maximum Gasteiger partial charge on any atom is 0.0399 e. The van der Waals surface area contributed by atoms with Gasteiger partial charge in [0.2, 0.25) is 0 Å². The highest BCUT2D eigenvalue weighted by Gasteiger charge is 2.21. The molecule has 0 N–H and O–H groups in total. The van der Waals surface area contributed by atoms with Gasteiger partial charge in [0.25, 0.3) is 0 Å². The van der Waals surface area contributed by atoms with Gasteiger partial charge in [0.1, 0.15) is 0 Å². The maximum absolute atomic E-state index is 4.54. The molecule has 1 nitrogen and oxygen atoms in total. The molecular formula is C10H15N. The van der Waals surface area contributed by atoms with Gasteiger partial charge in [-0.3, -0.25) is 4.99 Å². The van der Waals surface area contributed by atoms with Crippen LogP contribution in [0, 0.1) is 5.92 Å². The third kappa shape index (κ3) is 1.24. The van der Waals surface area contributed by atoms with Crippen molar-refractivity contribution in [3.63, 3.8) is 0 Å². The molecule has 1 atom stereocenters. The van der Waals surface area contributed by atoms with Gasteiger partial charge in [0, 0.05) is 17.8 Å². The Balaban J connectivity index is 2.18. The third-order valence-corrected chi connectivity index (χ3v) is 2.67. The monoisotopic (exact) mass is 149 g/mol. The Kier molecular flexibility index (Phi) is 1.59. The first-order chi connectivity index (χ1) is 5.25. The summed E-state index contributed by atoms with van der Waals surface area (Å²) >= 11 is 0. The molecule has 1 heteroatoms. The standard InChI is InChI=1S/C10H15N/c1-7-3-4-10-9(5-7)6-8(2)11-10/h7H,3-6H2,1-2H3/t7-/m0/s1. The number of hydrogen-bond donors (Lipinski definition) is 0. The number of nitrogens with zero attached hydrogens (tertiary/aromatic N) is 1. The van der Waals surface area contributed by atoms with E-state index < -0.39 is 0 Å². The highest BCUT2D eigenvalue weighted by atomic mass is 14.8. The predicted molar refractivity (Wildman–Crippen MR) is 47.8 cm³/mol. The number of rotatable bonds is 0. The predicted octanol–water partition coefficient (Wildman–Crippen LogP) is 2.93. The smallest absolute Gasteiger partial charge is 0.0399 e. The van der Waals surface area contributed by atoms with Gasteiger partial charge in [0.15, 0.2) is 0 Å². The minimum absolute atomic E-state index is 0.898. The van der Waals surface area contributed by atoms with Crippen LogP contribution in [0.4, 0.5) is 0 Å². The van der Waals surface area contributed by atoms with Crippen LogP contribution in [-0.4, -0.2) is 5.71 Å². The lowest BCUT2D eigenvalue weighted by Gasteiger charge is -2.18. The van der Waals surface area contributed by atoms with Gasteiger partial charge < -0.3 is 0 Å². The number of hydrogen-bond acceptors (Lipinski definition) is 1. The fraction of sp³-hybridized carbons (Fsp3) is 0.700. The molecule has 0 bridgehead atoms. The summed E-state index contributed by atoms with van der Waals surface area (Å²) in [6, 6.07) is 0. The van der Waals surface area contributed by atoms with Crippen LogP contribution in [0.1, 0.15) is 39.5 Å². The van der Waals surface area contributed by atoms with Gasteiger partial charge in [-0.25, -0.2) is 0 Å². The lowest BCUT2D eigenvalue weighted by molar-refractivity contribution is 0.495.